The molecule has 5 heteroatoms. The summed E-state index contributed by atoms with van der Waals surface area (Å²) in [5.74, 6) is 1.67. The van der Waals surface area contributed by atoms with Gasteiger partial charge in [-0.25, -0.2) is 4.79 Å². The summed E-state index contributed by atoms with van der Waals surface area (Å²) < 4.78 is 10.4. The molecule has 112 valence electrons. The summed E-state index contributed by atoms with van der Waals surface area (Å²) in [5.41, 5.74) is 6.41. The number of hydrogen-bond donors (Lipinski definition) is 1. The molecule has 0 bridgehead atoms. The molecule has 0 aliphatic carbocycles. The highest BCUT2D eigenvalue weighted by Gasteiger charge is 2.28. The predicted molar refractivity (Wildman–Crippen MR) is 76.4 cm³/mol. The summed E-state index contributed by atoms with van der Waals surface area (Å²) in [6.45, 7) is 6.42. The molecule has 2 atom stereocenters. The second kappa shape index (κ2) is 6.41. The van der Waals surface area contributed by atoms with Crippen molar-refractivity contribution in [2.45, 2.75) is 39.3 Å². The largest absolute Gasteiger partial charge is 0.465 e. The summed E-state index contributed by atoms with van der Waals surface area (Å²) in [6, 6.07) is 2.17. The molecule has 1 aliphatic rings. The molecule has 2 unspecified atom stereocenters. The van der Waals surface area contributed by atoms with Crippen LogP contribution in [-0.4, -0.2) is 37.1 Å². The number of nitrogens with two attached hydrogens (primary N) is 1. The first-order valence-electron chi connectivity index (χ1n) is 7.18. The zero-order chi connectivity index (χ0) is 14.7. The van der Waals surface area contributed by atoms with Crippen LogP contribution in [0.4, 0.5) is 0 Å². The van der Waals surface area contributed by atoms with Gasteiger partial charge in [0, 0.05) is 12.6 Å². The minimum Gasteiger partial charge on any atom is -0.465 e. The lowest BCUT2D eigenvalue weighted by atomic mass is 9.91. The van der Waals surface area contributed by atoms with Gasteiger partial charge in [0.25, 0.3) is 0 Å². The third kappa shape index (κ3) is 3.04. The van der Waals surface area contributed by atoms with Gasteiger partial charge in [0.15, 0.2) is 0 Å². The second-order valence-electron chi connectivity index (χ2n) is 5.57. The van der Waals surface area contributed by atoms with Crippen LogP contribution in [0.5, 0.6) is 0 Å². The second-order valence-corrected chi connectivity index (χ2v) is 5.57. The molecule has 1 aromatic heterocycles. The van der Waals surface area contributed by atoms with Gasteiger partial charge in [-0.05, 0) is 38.3 Å². The van der Waals surface area contributed by atoms with Crippen LogP contribution >= 0.6 is 0 Å². The van der Waals surface area contributed by atoms with Crippen molar-refractivity contribution in [2.24, 2.45) is 11.7 Å². The Kier molecular flexibility index (Phi) is 4.83. The Hall–Kier alpha value is -1.33. The number of esters is 1. The van der Waals surface area contributed by atoms with E-state index in [4.69, 9.17) is 14.9 Å². The zero-order valence-corrected chi connectivity index (χ0v) is 12.5. The lowest BCUT2D eigenvalue weighted by molar-refractivity contribution is 0.0599. The molecule has 0 saturated carbocycles. The molecule has 2 N–H and O–H groups in total. The summed E-state index contributed by atoms with van der Waals surface area (Å²) in [4.78, 5) is 14.0. The molecule has 20 heavy (non-hydrogen) atoms. The molecule has 0 radical (unpaired) electrons. The Balaban J connectivity index is 2.11. The number of aryl methyl sites for hydroxylation is 1. The van der Waals surface area contributed by atoms with Gasteiger partial charge in [0.2, 0.25) is 0 Å². The van der Waals surface area contributed by atoms with Crippen molar-refractivity contribution < 1.29 is 13.9 Å². The van der Waals surface area contributed by atoms with Crippen LogP contribution in [0, 0.1) is 12.8 Å². The Bertz CT molecular complexity index is 470. The molecule has 0 aromatic carbocycles. The molecule has 5 nitrogen and oxygen atoms in total. The average molecular weight is 280 g/mol. The van der Waals surface area contributed by atoms with Crippen molar-refractivity contribution in [1.29, 1.82) is 0 Å². The number of piperidine rings is 1. The van der Waals surface area contributed by atoms with Gasteiger partial charge < -0.3 is 14.9 Å². The van der Waals surface area contributed by atoms with Crippen LogP contribution in [0.25, 0.3) is 0 Å². The van der Waals surface area contributed by atoms with Gasteiger partial charge in [-0.1, -0.05) is 6.92 Å². The molecule has 2 rings (SSSR count). The molecule has 1 saturated heterocycles. The van der Waals surface area contributed by atoms with Crippen LogP contribution in [0.3, 0.4) is 0 Å². The molecule has 0 spiro atoms. The molecule has 2 heterocycles. The smallest absolute Gasteiger partial charge is 0.341 e. The van der Waals surface area contributed by atoms with E-state index in [2.05, 4.69) is 11.8 Å². The van der Waals surface area contributed by atoms with Crippen LogP contribution in [0.15, 0.2) is 10.5 Å². The van der Waals surface area contributed by atoms with E-state index < -0.39 is 0 Å². The number of hydrogen-bond acceptors (Lipinski definition) is 5. The number of furan rings is 1. The lowest BCUT2D eigenvalue weighted by Gasteiger charge is -2.38. The molecule has 1 aromatic rings. The summed E-state index contributed by atoms with van der Waals surface area (Å²) in [7, 11) is 1.38. The topological polar surface area (TPSA) is 68.7 Å². The number of rotatable bonds is 4. The Labute approximate surface area is 120 Å². The maximum absolute atomic E-state index is 11.6. The van der Waals surface area contributed by atoms with Crippen molar-refractivity contribution >= 4 is 5.97 Å². The van der Waals surface area contributed by atoms with E-state index in [0.29, 0.717) is 36.4 Å². The van der Waals surface area contributed by atoms with Crippen LogP contribution in [-0.2, 0) is 11.3 Å². The minimum atomic E-state index is -0.347. The van der Waals surface area contributed by atoms with Crippen molar-refractivity contribution in [2.75, 3.05) is 20.2 Å². The number of methoxy groups -OCH3 is 1. The van der Waals surface area contributed by atoms with Crippen molar-refractivity contribution in [3.8, 4) is 0 Å². The Morgan fingerprint density at radius 2 is 2.35 bits per heavy atom. The zero-order valence-electron chi connectivity index (χ0n) is 12.5. The van der Waals surface area contributed by atoms with E-state index in [0.717, 1.165) is 12.3 Å². The molecule has 1 aliphatic heterocycles. The summed E-state index contributed by atoms with van der Waals surface area (Å²) >= 11 is 0. The molecular weight excluding hydrogens is 256 g/mol. The Morgan fingerprint density at radius 3 is 3.00 bits per heavy atom. The first-order valence-corrected chi connectivity index (χ1v) is 7.18. The fourth-order valence-electron chi connectivity index (χ4n) is 3.05. The fourth-order valence-corrected chi connectivity index (χ4v) is 3.05. The number of carbonyl (C=O) groups excluding carboxylic acids is 1. The number of carbonyl (C=O) groups is 1. The van der Waals surface area contributed by atoms with E-state index in [1.165, 1.54) is 20.0 Å². The summed E-state index contributed by atoms with van der Waals surface area (Å²) in [5, 5.41) is 0. The first kappa shape index (κ1) is 15.1. The standard InChI is InChI=1S/C15H24N2O3/c1-10-5-4-6-17(14(10)8-16)9-12-7-13(11(2)20-12)15(18)19-3/h7,10,14H,4-6,8-9,16H2,1-3H3. The SMILES string of the molecule is COC(=O)c1cc(CN2CCCC(C)C2CN)oc1C. The van der Waals surface area contributed by atoms with Gasteiger partial charge in [0.05, 0.1) is 13.7 Å². The highest BCUT2D eigenvalue weighted by Crippen LogP contribution is 2.25. The predicted octanol–water partition coefficient (Wildman–Crippen LogP) is 1.93. The first-order chi connectivity index (χ1) is 9.56. The summed E-state index contributed by atoms with van der Waals surface area (Å²) in [6.07, 6.45) is 2.41. The van der Waals surface area contributed by atoms with Gasteiger partial charge in [-0.2, -0.15) is 0 Å². The number of nitrogens with zero attached hydrogens (tertiary/aromatic N) is 1. The van der Waals surface area contributed by atoms with E-state index in [-0.39, 0.29) is 5.97 Å². The molecule has 1 fully saturated rings. The maximum atomic E-state index is 11.6. The van der Waals surface area contributed by atoms with Crippen LogP contribution < -0.4 is 5.73 Å². The molecular formula is C15H24N2O3. The van der Waals surface area contributed by atoms with Crippen molar-refractivity contribution in [1.82, 2.24) is 4.90 Å². The van der Waals surface area contributed by atoms with Gasteiger partial charge >= 0.3 is 5.97 Å². The van der Waals surface area contributed by atoms with Crippen LogP contribution in [0.2, 0.25) is 0 Å². The number of likely N-dealkylation sites (tertiary alicyclic amines) is 1. The maximum Gasteiger partial charge on any atom is 0.341 e. The van der Waals surface area contributed by atoms with Crippen molar-refractivity contribution in [3.63, 3.8) is 0 Å². The monoisotopic (exact) mass is 280 g/mol. The highest BCUT2D eigenvalue weighted by molar-refractivity contribution is 5.90. The van der Waals surface area contributed by atoms with E-state index >= 15 is 0 Å². The van der Waals surface area contributed by atoms with E-state index in [1.807, 2.05) is 0 Å². The number of ether oxygens (including phenoxy) is 1. The quantitative estimate of drug-likeness (QED) is 0.854. The van der Waals surface area contributed by atoms with E-state index in [1.54, 1.807) is 13.0 Å². The highest BCUT2D eigenvalue weighted by atomic mass is 16.5. The fraction of sp³-hybridized carbons (Fsp3) is 0.667. The molecule has 0 amide bonds. The average Bonchev–Trinajstić information content (AvgIpc) is 2.79. The van der Waals surface area contributed by atoms with Gasteiger partial charge in [-0.3, -0.25) is 4.90 Å². The third-order valence-corrected chi connectivity index (χ3v) is 4.21. The third-order valence-electron chi connectivity index (χ3n) is 4.21. The van der Waals surface area contributed by atoms with E-state index in [9.17, 15) is 4.79 Å². The minimum absolute atomic E-state index is 0.347. The van der Waals surface area contributed by atoms with Crippen molar-refractivity contribution in [3.05, 3.63) is 23.2 Å². The lowest BCUT2D eigenvalue weighted by Crippen LogP contribution is -2.47. The van der Waals surface area contributed by atoms with Gasteiger partial charge in [0.1, 0.15) is 17.1 Å². The van der Waals surface area contributed by atoms with Crippen LogP contribution in [0.1, 0.15) is 41.6 Å². The normalized spacial score (nSPS) is 23.8. The van der Waals surface area contributed by atoms with Gasteiger partial charge in [-0.15, -0.1) is 0 Å². The Morgan fingerprint density at radius 1 is 1.60 bits per heavy atom.